The molecule has 0 saturated heterocycles. The number of hydrogen-bond acceptors (Lipinski definition) is 3. The Morgan fingerprint density at radius 3 is 2.72 bits per heavy atom. The van der Waals surface area contributed by atoms with Crippen molar-refractivity contribution >= 4 is 17.6 Å². The third-order valence-electron chi connectivity index (χ3n) is 3.34. The molecule has 5 heteroatoms. The summed E-state index contributed by atoms with van der Waals surface area (Å²) < 4.78 is 5.09. The first-order valence-electron chi connectivity index (χ1n) is 5.61. The van der Waals surface area contributed by atoms with Crippen LogP contribution in [0.5, 0.6) is 0 Å². The van der Waals surface area contributed by atoms with E-state index in [0.29, 0.717) is 0 Å². The van der Waals surface area contributed by atoms with Gasteiger partial charge in [-0.3, -0.25) is 9.59 Å². The van der Waals surface area contributed by atoms with Gasteiger partial charge < -0.3 is 14.7 Å². The van der Waals surface area contributed by atoms with E-state index in [0.717, 1.165) is 11.3 Å². The first kappa shape index (κ1) is 12.6. The number of nitrogens with zero attached hydrogens (tertiary/aromatic N) is 1. The maximum atomic E-state index is 12.4. The molecule has 1 atom stereocenters. The van der Waals surface area contributed by atoms with Crippen molar-refractivity contribution in [2.75, 3.05) is 25.7 Å². The minimum Gasteiger partial charge on any atom is -0.481 e. The van der Waals surface area contributed by atoms with E-state index in [9.17, 15) is 9.59 Å². The van der Waals surface area contributed by atoms with Crippen molar-refractivity contribution in [1.82, 2.24) is 0 Å². The molecule has 96 valence electrons. The Bertz CT molecular complexity index is 500. The number of aliphatic carboxylic acids is 1. The van der Waals surface area contributed by atoms with Crippen LogP contribution in [0.15, 0.2) is 24.3 Å². The number of para-hydroxylation sites is 1. The third-order valence-corrected chi connectivity index (χ3v) is 3.34. The number of carboxylic acid groups (broad SMARTS) is 1. The predicted molar refractivity (Wildman–Crippen MR) is 65.7 cm³/mol. The fourth-order valence-corrected chi connectivity index (χ4v) is 2.58. The van der Waals surface area contributed by atoms with E-state index in [1.807, 2.05) is 12.1 Å². The number of fused-ring (bicyclic) bond motifs is 1. The van der Waals surface area contributed by atoms with Crippen LogP contribution in [0.3, 0.4) is 0 Å². The van der Waals surface area contributed by atoms with Gasteiger partial charge in [0.05, 0.1) is 13.0 Å². The molecule has 0 spiro atoms. The highest BCUT2D eigenvalue weighted by molar-refractivity contribution is 6.09. The molecule has 5 nitrogen and oxygen atoms in total. The summed E-state index contributed by atoms with van der Waals surface area (Å²) in [5, 5.41) is 9.07. The Morgan fingerprint density at radius 2 is 2.11 bits per heavy atom. The average molecular weight is 249 g/mol. The summed E-state index contributed by atoms with van der Waals surface area (Å²) in [7, 11) is 3.12. The van der Waals surface area contributed by atoms with E-state index < -0.39 is 11.4 Å². The fraction of sp³-hybridized carbons (Fsp3) is 0.385. The van der Waals surface area contributed by atoms with Crippen LogP contribution in [-0.2, 0) is 19.7 Å². The molecule has 0 aliphatic carbocycles. The zero-order valence-electron chi connectivity index (χ0n) is 10.3. The van der Waals surface area contributed by atoms with Crippen LogP contribution in [0.25, 0.3) is 0 Å². The van der Waals surface area contributed by atoms with Crippen LogP contribution >= 0.6 is 0 Å². The molecule has 1 amide bonds. The summed E-state index contributed by atoms with van der Waals surface area (Å²) in [5.74, 6) is -1.24. The monoisotopic (exact) mass is 249 g/mol. The second-order valence-electron chi connectivity index (χ2n) is 4.47. The van der Waals surface area contributed by atoms with Crippen molar-refractivity contribution in [1.29, 1.82) is 0 Å². The number of carboxylic acids is 1. The Balaban J connectivity index is 2.58. The largest absolute Gasteiger partial charge is 0.481 e. The van der Waals surface area contributed by atoms with Gasteiger partial charge in [-0.25, -0.2) is 0 Å². The van der Waals surface area contributed by atoms with Crippen LogP contribution in [0.2, 0.25) is 0 Å². The topological polar surface area (TPSA) is 66.8 Å². The first-order valence-corrected chi connectivity index (χ1v) is 5.61. The molecule has 0 fully saturated rings. The van der Waals surface area contributed by atoms with Crippen molar-refractivity contribution in [3.8, 4) is 0 Å². The van der Waals surface area contributed by atoms with Crippen molar-refractivity contribution in [3.63, 3.8) is 0 Å². The Morgan fingerprint density at radius 1 is 1.44 bits per heavy atom. The fourth-order valence-electron chi connectivity index (χ4n) is 2.58. The highest BCUT2D eigenvalue weighted by Gasteiger charge is 2.51. The van der Waals surface area contributed by atoms with Gasteiger partial charge in [-0.2, -0.15) is 0 Å². The summed E-state index contributed by atoms with van der Waals surface area (Å²) >= 11 is 0. The van der Waals surface area contributed by atoms with Gasteiger partial charge in [-0.1, -0.05) is 18.2 Å². The van der Waals surface area contributed by atoms with Gasteiger partial charge in [-0.15, -0.1) is 0 Å². The third kappa shape index (κ3) is 1.67. The molecular weight excluding hydrogens is 234 g/mol. The van der Waals surface area contributed by atoms with Crippen molar-refractivity contribution in [2.45, 2.75) is 11.8 Å². The number of rotatable bonds is 4. The molecule has 1 unspecified atom stereocenters. The van der Waals surface area contributed by atoms with Gasteiger partial charge in [0, 0.05) is 19.8 Å². The van der Waals surface area contributed by atoms with Gasteiger partial charge in [0.2, 0.25) is 5.91 Å². The molecule has 0 bridgehead atoms. The molecule has 0 aromatic heterocycles. The molecular formula is C13H15NO4. The van der Waals surface area contributed by atoms with E-state index in [1.54, 1.807) is 19.2 Å². The van der Waals surface area contributed by atoms with Crippen LogP contribution in [0.1, 0.15) is 12.0 Å². The number of methoxy groups -OCH3 is 1. The Kier molecular flexibility index (Phi) is 3.09. The number of amides is 1. The van der Waals surface area contributed by atoms with Gasteiger partial charge in [-0.05, 0) is 11.6 Å². The quantitative estimate of drug-likeness (QED) is 0.865. The molecule has 1 aromatic rings. The van der Waals surface area contributed by atoms with E-state index >= 15 is 0 Å². The second kappa shape index (κ2) is 4.42. The van der Waals surface area contributed by atoms with E-state index in [1.165, 1.54) is 12.0 Å². The van der Waals surface area contributed by atoms with Gasteiger partial charge >= 0.3 is 5.97 Å². The number of hydrogen-bond donors (Lipinski definition) is 1. The molecule has 2 rings (SSSR count). The smallest absolute Gasteiger partial charge is 0.304 e. The van der Waals surface area contributed by atoms with Crippen LogP contribution in [-0.4, -0.2) is 37.7 Å². The lowest BCUT2D eigenvalue weighted by atomic mass is 9.79. The molecule has 1 aliphatic heterocycles. The molecule has 1 N–H and O–H groups in total. The van der Waals surface area contributed by atoms with Gasteiger partial charge in [0.25, 0.3) is 0 Å². The Labute approximate surface area is 105 Å². The van der Waals surface area contributed by atoms with Crippen molar-refractivity contribution < 1.29 is 19.4 Å². The zero-order chi connectivity index (χ0) is 13.3. The van der Waals surface area contributed by atoms with Crippen molar-refractivity contribution in [3.05, 3.63) is 29.8 Å². The molecule has 1 aromatic carbocycles. The lowest BCUT2D eigenvalue weighted by Gasteiger charge is -2.25. The van der Waals surface area contributed by atoms with Gasteiger partial charge in [0.15, 0.2) is 0 Å². The number of anilines is 1. The summed E-state index contributed by atoms with van der Waals surface area (Å²) in [6, 6.07) is 7.23. The molecule has 1 aliphatic rings. The number of carbonyl (C=O) groups is 2. The highest BCUT2D eigenvalue weighted by atomic mass is 16.5. The number of ether oxygens (including phenoxy) is 1. The maximum Gasteiger partial charge on any atom is 0.304 e. The highest BCUT2D eigenvalue weighted by Crippen LogP contribution is 2.43. The summed E-state index contributed by atoms with van der Waals surface area (Å²) in [5.41, 5.74) is 0.369. The first-order chi connectivity index (χ1) is 8.53. The summed E-state index contributed by atoms with van der Waals surface area (Å²) in [6.45, 7) is 0.0689. The molecule has 0 radical (unpaired) electrons. The number of carbonyl (C=O) groups excluding carboxylic acids is 1. The minimum atomic E-state index is -1.11. The summed E-state index contributed by atoms with van der Waals surface area (Å²) in [6.07, 6.45) is -0.263. The maximum absolute atomic E-state index is 12.4. The normalized spacial score (nSPS) is 22.1. The lowest BCUT2D eigenvalue weighted by molar-refractivity contribution is -0.142. The molecule has 1 heterocycles. The SMILES string of the molecule is COCC1(CC(=O)O)C(=O)N(C)c2ccccc21. The predicted octanol–water partition coefficient (Wildman–Crippen LogP) is 1.02. The number of benzene rings is 1. The van der Waals surface area contributed by atoms with Gasteiger partial charge in [0.1, 0.15) is 5.41 Å². The van der Waals surface area contributed by atoms with E-state index in [2.05, 4.69) is 0 Å². The molecule has 18 heavy (non-hydrogen) atoms. The number of likely N-dealkylation sites (N-methyl/N-ethyl adjacent to an activating group) is 1. The summed E-state index contributed by atoms with van der Waals surface area (Å²) in [4.78, 5) is 25.0. The molecule has 0 saturated carbocycles. The van der Waals surface area contributed by atoms with Crippen LogP contribution < -0.4 is 4.90 Å². The average Bonchev–Trinajstić information content (AvgIpc) is 2.53. The Hall–Kier alpha value is -1.88. The second-order valence-corrected chi connectivity index (χ2v) is 4.47. The lowest BCUT2D eigenvalue weighted by Crippen LogP contribution is -2.43. The zero-order valence-corrected chi connectivity index (χ0v) is 10.3. The van der Waals surface area contributed by atoms with E-state index in [-0.39, 0.29) is 18.9 Å². The van der Waals surface area contributed by atoms with Crippen LogP contribution in [0, 0.1) is 0 Å². The van der Waals surface area contributed by atoms with Crippen molar-refractivity contribution in [2.24, 2.45) is 0 Å². The van der Waals surface area contributed by atoms with Crippen LogP contribution in [0.4, 0.5) is 5.69 Å². The standard InChI is InChI=1S/C13H15NO4/c1-14-10-6-4-3-5-9(10)13(8-18-2,12(14)17)7-11(15)16/h3-6H,7-8H2,1-2H3,(H,15,16). The van der Waals surface area contributed by atoms with E-state index in [4.69, 9.17) is 9.84 Å². The minimum absolute atomic E-state index is 0.0689.